The quantitative estimate of drug-likeness (QED) is 0.428. The van der Waals surface area contributed by atoms with Gasteiger partial charge in [-0.3, -0.25) is 0 Å². The summed E-state index contributed by atoms with van der Waals surface area (Å²) in [6.07, 6.45) is -2.42. The fourth-order valence-corrected chi connectivity index (χ4v) is 4.01. The molecule has 1 N–H and O–H groups in total. The maximum atomic E-state index is 12.6. The molecule has 1 aromatic heterocycles. The highest BCUT2D eigenvalue weighted by Gasteiger charge is 2.29. The van der Waals surface area contributed by atoms with Gasteiger partial charge in [0.2, 0.25) is 0 Å². The number of rotatable bonds is 5. The lowest BCUT2D eigenvalue weighted by atomic mass is 10.0. The van der Waals surface area contributed by atoms with Gasteiger partial charge in [-0.1, -0.05) is 54.6 Å². The van der Waals surface area contributed by atoms with Crippen molar-refractivity contribution in [2.45, 2.75) is 19.3 Å². The smallest absolute Gasteiger partial charge is 0.306 e. The molecule has 0 fully saturated rings. The van der Waals surface area contributed by atoms with E-state index in [0.29, 0.717) is 13.1 Å². The second-order valence-electron chi connectivity index (χ2n) is 6.44. The van der Waals surface area contributed by atoms with Crippen LogP contribution in [0.5, 0.6) is 0 Å². The number of aromatic nitrogens is 1. The maximum absolute atomic E-state index is 12.6. The van der Waals surface area contributed by atoms with Gasteiger partial charge in [-0.2, -0.15) is 13.2 Å². The van der Waals surface area contributed by atoms with Gasteiger partial charge in [-0.05, 0) is 28.5 Å². The van der Waals surface area contributed by atoms with Crippen molar-refractivity contribution in [1.29, 1.82) is 0 Å². The summed E-state index contributed by atoms with van der Waals surface area (Å²) in [7, 11) is 0. The van der Waals surface area contributed by atoms with Gasteiger partial charge in [-0.15, -0.1) is 11.3 Å². The third-order valence-corrected chi connectivity index (χ3v) is 5.53. The molecule has 0 spiro atoms. The number of benzene rings is 3. The second kappa shape index (κ2) is 7.73. The first-order valence-corrected chi connectivity index (χ1v) is 9.62. The molecule has 2 nitrogen and oxygen atoms in total. The summed E-state index contributed by atoms with van der Waals surface area (Å²) in [4.78, 5) is 5.58. The number of nitrogens with zero attached hydrogens (tertiary/aromatic N) is 1. The summed E-state index contributed by atoms with van der Waals surface area (Å²) in [6.45, 7) is 1.05. The number of halogens is 3. The number of hydrogen-bond acceptors (Lipinski definition) is 3. The van der Waals surface area contributed by atoms with Crippen LogP contribution in [0.25, 0.3) is 21.2 Å². The Morgan fingerprint density at radius 3 is 2.39 bits per heavy atom. The van der Waals surface area contributed by atoms with Crippen LogP contribution in [-0.4, -0.2) is 4.98 Å². The van der Waals surface area contributed by atoms with Crippen molar-refractivity contribution < 1.29 is 13.2 Å². The molecular formula is C22H17F3N2S. The topological polar surface area (TPSA) is 24.9 Å². The molecule has 4 rings (SSSR count). The standard InChI is InChI=1S/C22H17F3N2S/c23-22(24,25)17-10-8-15(9-11-17)12-26-14-21-27-13-20(28-21)19-7-3-5-16-4-1-2-6-18(16)19/h1-11,13,26H,12,14H2. The lowest BCUT2D eigenvalue weighted by Gasteiger charge is -2.08. The van der Waals surface area contributed by atoms with Crippen LogP contribution in [0.3, 0.4) is 0 Å². The lowest BCUT2D eigenvalue weighted by molar-refractivity contribution is -0.137. The minimum absolute atomic E-state index is 0.487. The predicted octanol–water partition coefficient (Wildman–Crippen LogP) is 6.27. The van der Waals surface area contributed by atoms with Gasteiger partial charge in [0.1, 0.15) is 5.01 Å². The Kier molecular flexibility index (Phi) is 5.15. The monoisotopic (exact) mass is 398 g/mol. The lowest BCUT2D eigenvalue weighted by Crippen LogP contribution is -2.12. The van der Waals surface area contributed by atoms with E-state index >= 15 is 0 Å². The van der Waals surface area contributed by atoms with Gasteiger partial charge >= 0.3 is 6.18 Å². The third-order valence-electron chi connectivity index (χ3n) is 4.50. The number of hydrogen-bond donors (Lipinski definition) is 1. The molecule has 1 heterocycles. The SMILES string of the molecule is FC(F)(F)c1ccc(CNCc2ncc(-c3cccc4ccccc34)s2)cc1. The summed E-state index contributed by atoms with van der Waals surface area (Å²) in [5.74, 6) is 0. The minimum Gasteiger partial charge on any atom is -0.306 e. The number of alkyl halides is 3. The fraction of sp³-hybridized carbons (Fsp3) is 0.136. The molecule has 0 aliphatic carbocycles. The summed E-state index contributed by atoms with van der Waals surface area (Å²) < 4.78 is 37.8. The number of fused-ring (bicyclic) bond motifs is 1. The molecule has 0 saturated heterocycles. The van der Waals surface area contributed by atoms with Gasteiger partial charge in [0.25, 0.3) is 0 Å². The zero-order valence-electron chi connectivity index (χ0n) is 14.8. The van der Waals surface area contributed by atoms with Gasteiger partial charge < -0.3 is 5.32 Å². The fourth-order valence-electron chi connectivity index (χ4n) is 3.08. The van der Waals surface area contributed by atoms with Crippen molar-refractivity contribution in [2.75, 3.05) is 0 Å². The van der Waals surface area contributed by atoms with E-state index in [-0.39, 0.29) is 0 Å². The van der Waals surface area contributed by atoms with Crippen LogP contribution >= 0.6 is 11.3 Å². The third kappa shape index (κ3) is 4.08. The highest BCUT2D eigenvalue weighted by molar-refractivity contribution is 7.15. The Morgan fingerprint density at radius 2 is 1.61 bits per heavy atom. The van der Waals surface area contributed by atoms with E-state index in [2.05, 4.69) is 34.6 Å². The Balaban J connectivity index is 1.41. The van der Waals surface area contributed by atoms with Gasteiger partial charge in [0.15, 0.2) is 0 Å². The van der Waals surface area contributed by atoms with Crippen molar-refractivity contribution in [3.63, 3.8) is 0 Å². The first kappa shape index (κ1) is 18.7. The van der Waals surface area contributed by atoms with Crippen molar-refractivity contribution in [1.82, 2.24) is 10.3 Å². The van der Waals surface area contributed by atoms with Gasteiger partial charge in [0.05, 0.1) is 10.4 Å². The molecule has 0 bridgehead atoms. The molecule has 0 saturated carbocycles. The molecule has 142 valence electrons. The van der Waals surface area contributed by atoms with E-state index in [4.69, 9.17) is 0 Å². The van der Waals surface area contributed by atoms with Crippen LogP contribution < -0.4 is 5.32 Å². The van der Waals surface area contributed by atoms with Crippen molar-refractivity contribution in [3.8, 4) is 10.4 Å². The number of thiazole rings is 1. The Hall–Kier alpha value is -2.70. The van der Waals surface area contributed by atoms with Crippen LogP contribution in [0, 0.1) is 0 Å². The van der Waals surface area contributed by atoms with Crippen molar-refractivity contribution >= 4 is 22.1 Å². The molecule has 0 amide bonds. The predicted molar refractivity (Wildman–Crippen MR) is 107 cm³/mol. The zero-order chi connectivity index (χ0) is 19.6. The molecule has 28 heavy (non-hydrogen) atoms. The average molecular weight is 398 g/mol. The largest absolute Gasteiger partial charge is 0.416 e. The Labute approximate surface area is 164 Å². The van der Waals surface area contributed by atoms with E-state index in [1.165, 1.54) is 22.9 Å². The Bertz CT molecular complexity index is 1080. The van der Waals surface area contributed by atoms with E-state index < -0.39 is 11.7 Å². The van der Waals surface area contributed by atoms with Crippen molar-refractivity contribution in [2.24, 2.45) is 0 Å². The zero-order valence-corrected chi connectivity index (χ0v) is 15.6. The molecule has 0 atom stereocenters. The summed E-state index contributed by atoms with van der Waals surface area (Å²) in [5, 5.41) is 6.57. The first-order chi connectivity index (χ1) is 13.5. The van der Waals surface area contributed by atoms with Crippen LogP contribution in [-0.2, 0) is 19.3 Å². The minimum atomic E-state index is -4.30. The van der Waals surface area contributed by atoms with Crippen LogP contribution in [0.1, 0.15) is 16.1 Å². The molecule has 4 aromatic rings. The van der Waals surface area contributed by atoms with E-state index in [0.717, 1.165) is 33.1 Å². The van der Waals surface area contributed by atoms with Crippen molar-refractivity contribution in [3.05, 3.63) is 89.1 Å². The average Bonchev–Trinajstić information content (AvgIpc) is 3.16. The molecule has 0 aliphatic heterocycles. The normalized spacial score (nSPS) is 11.8. The van der Waals surface area contributed by atoms with Crippen LogP contribution in [0.15, 0.2) is 72.9 Å². The molecule has 3 aromatic carbocycles. The van der Waals surface area contributed by atoms with Crippen LogP contribution in [0.2, 0.25) is 0 Å². The molecule has 0 radical (unpaired) electrons. The second-order valence-corrected chi connectivity index (χ2v) is 7.56. The maximum Gasteiger partial charge on any atom is 0.416 e. The van der Waals surface area contributed by atoms with E-state index in [1.807, 2.05) is 24.4 Å². The summed E-state index contributed by atoms with van der Waals surface area (Å²) in [5.41, 5.74) is 1.33. The van der Waals surface area contributed by atoms with Gasteiger partial charge in [0, 0.05) is 24.8 Å². The molecular weight excluding hydrogens is 381 g/mol. The summed E-state index contributed by atoms with van der Waals surface area (Å²) >= 11 is 1.62. The Morgan fingerprint density at radius 1 is 0.857 bits per heavy atom. The highest BCUT2D eigenvalue weighted by atomic mass is 32.1. The van der Waals surface area contributed by atoms with Gasteiger partial charge in [-0.25, -0.2) is 4.98 Å². The number of nitrogens with one attached hydrogen (secondary N) is 1. The molecule has 0 aliphatic rings. The first-order valence-electron chi connectivity index (χ1n) is 8.80. The summed E-state index contributed by atoms with van der Waals surface area (Å²) in [6, 6.07) is 19.7. The molecule has 6 heteroatoms. The van der Waals surface area contributed by atoms with Crippen LogP contribution in [0.4, 0.5) is 13.2 Å². The molecule has 0 unspecified atom stereocenters. The van der Waals surface area contributed by atoms with E-state index in [1.54, 1.807) is 11.3 Å². The highest BCUT2D eigenvalue weighted by Crippen LogP contribution is 2.32. The van der Waals surface area contributed by atoms with E-state index in [9.17, 15) is 13.2 Å².